The molecule has 0 amide bonds. The third-order valence-corrected chi connectivity index (χ3v) is 2.46. The van der Waals surface area contributed by atoms with Gasteiger partial charge in [-0.3, -0.25) is 0 Å². The molecule has 1 aromatic carbocycles. The van der Waals surface area contributed by atoms with Gasteiger partial charge in [0, 0.05) is 16.9 Å². The molecule has 13 heavy (non-hydrogen) atoms. The Hall–Kier alpha value is -1.09. The molecule has 0 aliphatic heterocycles. The van der Waals surface area contributed by atoms with E-state index < -0.39 is 0 Å². The number of aromatic nitrogens is 1. The van der Waals surface area contributed by atoms with Gasteiger partial charge in [0.25, 0.3) is 0 Å². The van der Waals surface area contributed by atoms with Gasteiger partial charge >= 0.3 is 0 Å². The molecule has 3 heteroatoms. The normalized spacial score (nSPS) is 10.3. The Morgan fingerprint density at radius 3 is 2.54 bits per heavy atom. The van der Waals surface area contributed by atoms with E-state index in [-0.39, 0.29) is 5.82 Å². The van der Waals surface area contributed by atoms with Gasteiger partial charge in [-0.15, -0.1) is 0 Å². The molecule has 0 aliphatic carbocycles. The first-order chi connectivity index (χ1) is 6.27. The van der Waals surface area contributed by atoms with Gasteiger partial charge in [-0.2, -0.15) is 0 Å². The average Bonchev–Trinajstić information content (AvgIpc) is 2.61. The van der Waals surface area contributed by atoms with Crippen molar-refractivity contribution in [2.45, 2.75) is 0 Å². The fraction of sp³-hybridized carbons (Fsp3) is 0. The summed E-state index contributed by atoms with van der Waals surface area (Å²) in [5.74, 6) is -0.230. The van der Waals surface area contributed by atoms with Crippen molar-refractivity contribution in [3.63, 3.8) is 0 Å². The molecule has 0 radical (unpaired) electrons. The highest BCUT2D eigenvalue weighted by Crippen LogP contribution is 2.21. The maximum absolute atomic E-state index is 12.9. The zero-order chi connectivity index (χ0) is 9.26. The van der Waals surface area contributed by atoms with Gasteiger partial charge in [0.15, 0.2) is 0 Å². The van der Waals surface area contributed by atoms with Gasteiger partial charge in [-0.1, -0.05) is 0 Å². The Balaban J connectivity index is 2.57. The van der Waals surface area contributed by atoms with Crippen LogP contribution in [-0.2, 0) is 0 Å². The number of benzene rings is 1. The Morgan fingerprint density at radius 1 is 1.15 bits per heavy atom. The number of hydrogen-bond acceptors (Lipinski definition) is 0. The van der Waals surface area contributed by atoms with Crippen LogP contribution < -0.4 is 0 Å². The molecule has 2 rings (SSSR count). The predicted octanol–water partition coefficient (Wildman–Crippen LogP) is 3.38. The van der Waals surface area contributed by atoms with Crippen LogP contribution in [0, 0.1) is 5.82 Å². The van der Waals surface area contributed by atoms with Crippen molar-refractivity contribution in [3.05, 3.63) is 53.0 Å². The van der Waals surface area contributed by atoms with E-state index in [2.05, 4.69) is 15.9 Å². The second-order valence-electron chi connectivity index (χ2n) is 2.69. The molecule has 0 bridgehead atoms. The Morgan fingerprint density at radius 2 is 1.85 bits per heavy atom. The summed E-state index contributed by atoms with van der Waals surface area (Å²) < 4.78 is 15.6. The molecule has 0 saturated carbocycles. The highest BCUT2D eigenvalue weighted by Gasteiger charge is 2.01. The number of nitrogens with zero attached hydrogens (tertiary/aromatic N) is 1. The SMILES string of the molecule is Fc1ccc(Br)c(-n2cccc2)c1. The van der Waals surface area contributed by atoms with E-state index in [1.807, 2.05) is 29.1 Å². The van der Waals surface area contributed by atoms with Crippen LogP contribution in [0.25, 0.3) is 5.69 Å². The molecule has 1 heterocycles. The first-order valence-electron chi connectivity index (χ1n) is 3.86. The number of hydrogen-bond donors (Lipinski definition) is 0. The molecule has 0 spiro atoms. The maximum atomic E-state index is 12.9. The summed E-state index contributed by atoms with van der Waals surface area (Å²) in [4.78, 5) is 0. The van der Waals surface area contributed by atoms with Gasteiger partial charge in [0.1, 0.15) is 5.82 Å². The molecule has 66 valence electrons. The van der Waals surface area contributed by atoms with E-state index in [1.165, 1.54) is 12.1 Å². The summed E-state index contributed by atoms with van der Waals surface area (Å²) in [7, 11) is 0. The van der Waals surface area contributed by atoms with Crippen molar-refractivity contribution in [1.82, 2.24) is 4.57 Å². The summed E-state index contributed by atoms with van der Waals surface area (Å²) in [5.41, 5.74) is 0.810. The Kier molecular flexibility index (Phi) is 2.19. The molecular weight excluding hydrogens is 233 g/mol. The lowest BCUT2D eigenvalue weighted by atomic mass is 10.3. The highest BCUT2D eigenvalue weighted by molar-refractivity contribution is 9.10. The zero-order valence-electron chi connectivity index (χ0n) is 6.74. The van der Waals surface area contributed by atoms with Crippen molar-refractivity contribution in [1.29, 1.82) is 0 Å². The van der Waals surface area contributed by atoms with Crippen molar-refractivity contribution in [3.8, 4) is 5.69 Å². The van der Waals surface area contributed by atoms with Crippen LogP contribution in [0.4, 0.5) is 4.39 Å². The lowest BCUT2D eigenvalue weighted by Crippen LogP contribution is -1.91. The van der Waals surface area contributed by atoms with E-state index in [4.69, 9.17) is 0 Å². The number of rotatable bonds is 1. The van der Waals surface area contributed by atoms with Crippen molar-refractivity contribution in [2.75, 3.05) is 0 Å². The molecular formula is C10H7BrFN. The minimum absolute atomic E-state index is 0.230. The smallest absolute Gasteiger partial charge is 0.125 e. The molecule has 0 N–H and O–H groups in total. The van der Waals surface area contributed by atoms with Crippen LogP contribution in [0.2, 0.25) is 0 Å². The minimum Gasteiger partial charge on any atom is -0.323 e. The predicted molar refractivity (Wildman–Crippen MR) is 53.4 cm³/mol. The molecule has 0 saturated heterocycles. The van der Waals surface area contributed by atoms with Crippen molar-refractivity contribution < 1.29 is 4.39 Å². The van der Waals surface area contributed by atoms with Gasteiger partial charge < -0.3 is 4.57 Å². The van der Waals surface area contributed by atoms with E-state index in [0.29, 0.717) is 0 Å². The summed E-state index contributed by atoms with van der Waals surface area (Å²) >= 11 is 3.36. The fourth-order valence-electron chi connectivity index (χ4n) is 1.18. The third kappa shape index (κ3) is 1.65. The summed E-state index contributed by atoms with van der Waals surface area (Å²) in [6.45, 7) is 0. The zero-order valence-corrected chi connectivity index (χ0v) is 8.33. The lowest BCUT2D eigenvalue weighted by Gasteiger charge is -2.05. The van der Waals surface area contributed by atoms with Crippen LogP contribution in [0.3, 0.4) is 0 Å². The van der Waals surface area contributed by atoms with Crippen LogP contribution in [0.1, 0.15) is 0 Å². The second kappa shape index (κ2) is 3.34. The Labute approximate surface area is 83.9 Å². The average molecular weight is 240 g/mol. The summed E-state index contributed by atoms with van der Waals surface area (Å²) in [6, 6.07) is 8.42. The monoisotopic (exact) mass is 239 g/mol. The fourth-order valence-corrected chi connectivity index (χ4v) is 1.63. The molecule has 0 unspecified atom stereocenters. The van der Waals surface area contributed by atoms with Gasteiger partial charge in [-0.05, 0) is 46.3 Å². The van der Waals surface area contributed by atoms with Crippen LogP contribution in [-0.4, -0.2) is 4.57 Å². The van der Waals surface area contributed by atoms with Gasteiger partial charge in [-0.25, -0.2) is 4.39 Å². The topological polar surface area (TPSA) is 4.93 Å². The van der Waals surface area contributed by atoms with E-state index in [0.717, 1.165) is 10.2 Å². The van der Waals surface area contributed by atoms with Crippen LogP contribution in [0.15, 0.2) is 47.2 Å². The first-order valence-corrected chi connectivity index (χ1v) is 4.65. The highest BCUT2D eigenvalue weighted by atomic mass is 79.9. The molecule has 0 atom stereocenters. The molecule has 0 fully saturated rings. The van der Waals surface area contributed by atoms with E-state index in [9.17, 15) is 4.39 Å². The van der Waals surface area contributed by atoms with E-state index >= 15 is 0 Å². The van der Waals surface area contributed by atoms with Crippen LogP contribution >= 0.6 is 15.9 Å². The minimum atomic E-state index is -0.230. The lowest BCUT2D eigenvalue weighted by molar-refractivity contribution is 0.626. The third-order valence-electron chi connectivity index (χ3n) is 1.79. The van der Waals surface area contributed by atoms with E-state index in [1.54, 1.807) is 6.07 Å². The largest absolute Gasteiger partial charge is 0.323 e. The molecule has 2 aromatic rings. The number of halogens is 2. The quantitative estimate of drug-likeness (QED) is 0.720. The standard InChI is InChI=1S/C10H7BrFN/c11-9-4-3-8(12)7-10(9)13-5-1-2-6-13/h1-7H. The maximum Gasteiger partial charge on any atom is 0.125 e. The van der Waals surface area contributed by atoms with Gasteiger partial charge in [0.05, 0.1) is 5.69 Å². The van der Waals surface area contributed by atoms with Crippen molar-refractivity contribution >= 4 is 15.9 Å². The molecule has 1 nitrogen and oxygen atoms in total. The Bertz CT molecular complexity index is 409. The molecule has 0 aliphatic rings. The summed E-state index contributed by atoms with van der Waals surface area (Å²) in [5, 5.41) is 0. The molecule has 1 aromatic heterocycles. The first kappa shape index (κ1) is 8.51. The second-order valence-corrected chi connectivity index (χ2v) is 3.54. The summed E-state index contributed by atoms with van der Waals surface area (Å²) in [6.07, 6.45) is 3.75. The van der Waals surface area contributed by atoms with Crippen molar-refractivity contribution in [2.24, 2.45) is 0 Å². The van der Waals surface area contributed by atoms with Crippen LogP contribution in [0.5, 0.6) is 0 Å². The van der Waals surface area contributed by atoms with Gasteiger partial charge in [0.2, 0.25) is 0 Å².